The summed E-state index contributed by atoms with van der Waals surface area (Å²) in [6.07, 6.45) is 1.15. The molecule has 0 spiro atoms. The molecule has 0 aromatic heterocycles. The first-order chi connectivity index (χ1) is 8.52. The van der Waals surface area contributed by atoms with Gasteiger partial charge >= 0.3 is 0 Å². The molecule has 4 heteroatoms. The first kappa shape index (κ1) is 15.3. The first-order valence-electron chi connectivity index (χ1n) is 6.37. The van der Waals surface area contributed by atoms with Crippen LogP contribution in [0.2, 0.25) is 5.02 Å². The Morgan fingerprint density at radius 2 is 1.94 bits per heavy atom. The van der Waals surface area contributed by atoms with Gasteiger partial charge in [0.1, 0.15) is 5.75 Å². The van der Waals surface area contributed by atoms with E-state index < -0.39 is 0 Å². The van der Waals surface area contributed by atoms with Gasteiger partial charge in [0.2, 0.25) is 0 Å². The van der Waals surface area contributed by atoms with Gasteiger partial charge in [-0.25, -0.2) is 0 Å². The summed E-state index contributed by atoms with van der Waals surface area (Å²) < 4.78 is 0. The van der Waals surface area contributed by atoms with E-state index in [1.165, 1.54) is 0 Å². The van der Waals surface area contributed by atoms with Crippen molar-refractivity contribution < 1.29 is 5.11 Å². The molecule has 102 valence electrons. The molecule has 0 radical (unpaired) electrons. The van der Waals surface area contributed by atoms with Crippen LogP contribution in [0.1, 0.15) is 18.9 Å². The molecular formula is C14H23ClN2O. The lowest BCUT2D eigenvalue weighted by atomic mass is 10.2. The van der Waals surface area contributed by atoms with Crippen molar-refractivity contribution in [3.05, 3.63) is 28.8 Å². The van der Waals surface area contributed by atoms with Crippen LogP contribution in [-0.2, 0) is 6.54 Å². The third kappa shape index (κ3) is 5.25. The largest absolute Gasteiger partial charge is 0.508 e. The van der Waals surface area contributed by atoms with Gasteiger partial charge in [-0.15, -0.1) is 0 Å². The van der Waals surface area contributed by atoms with Crippen molar-refractivity contribution in [3.63, 3.8) is 0 Å². The topological polar surface area (TPSA) is 26.7 Å². The molecule has 0 aliphatic heterocycles. The zero-order chi connectivity index (χ0) is 13.5. The number of benzene rings is 1. The lowest BCUT2D eigenvalue weighted by Crippen LogP contribution is -2.27. The van der Waals surface area contributed by atoms with Gasteiger partial charge in [0.05, 0.1) is 0 Å². The van der Waals surface area contributed by atoms with Crippen molar-refractivity contribution in [1.82, 2.24) is 9.80 Å². The predicted molar refractivity (Wildman–Crippen MR) is 77.2 cm³/mol. The molecule has 0 unspecified atom stereocenters. The Kier molecular flexibility index (Phi) is 6.47. The predicted octanol–water partition coefficient (Wildman–Crippen LogP) is 2.82. The highest BCUT2D eigenvalue weighted by Crippen LogP contribution is 2.22. The van der Waals surface area contributed by atoms with Crippen LogP contribution in [0.3, 0.4) is 0 Å². The number of phenols is 1. The number of nitrogens with zero attached hydrogens (tertiary/aromatic N) is 2. The normalized spacial score (nSPS) is 11.4. The molecule has 0 heterocycles. The maximum absolute atomic E-state index is 9.33. The molecule has 0 saturated heterocycles. The SMILES string of the molecule is CCN(CCCN(C)C)Cc1ccc(O)cc1Cl. The Labute approximate surface area is 115 Å². The molecule has 0 amide bonds. The average Bonchev–Trinajstić information content (AvgIpc) is 2.30. The molecule has 1 aromatic rings. The highest BCUT2D eigenvalue weighted by Gasteiger charge is 2.07. The van der Waals surface area contributed by atoms with Crippen LogP contribution in [0.4, 0.5) is 0 Å². The third-order valence-electron chi connectivity index (χ3n) is 2.96. The summed E-state index contributed by atoms with van der Waals surface area (Å²) in [6.45, 7) is 6.16. The van der Waals surface area contributed by atoms with E-state index in [4.69, 9.17) is 11.6 Å². The van der Waals surface area contributed by atoms with E-state index in [9.17, 15) is 5.11 Å². The molecule has 0 atom stereocenters. The maximum atomic E-state index is 9.33. The molecule has 0 aliphatic rings. The zero-order valence-corrected chi connectivity index (χ0v) is 12.2. The van der Waals surface area contributed by atoms with Gasteiger partial charge in [-0.05, 0) is 57.8 Å². The molecule has 0 aliphatic carbocycles. The molecule has 3 nitrogen and oxygen atoms in total. The zero-order valence-electron chi connectivity index (χ0n) is 11.5. The van der Waals surface area contributed by atoms with Crippen LogP contribution < -0.4 is 0 Å². The number of hydrogen-bond acceptors (Lipinski definition) is 3. The van der Waals surface area contributed by atoms with Gasteiger partial charge in [0, 0.05) is 11.6 Å². The molecule has 1 aromatic carbocycles. The third-order valence-corrected chi connectivity index (χ3v) is 3.31. The van der Waals surface area contributed by atoms with Crippen molar-refractivity contribution in [2.75, 3.05) is 33.7 Å². The Hall–Kier alpha value is -0.770. The van der Waals surface area contributed by atoms with Gasteiger partial charge in [0.25, 0.3) is 0 Å². The molecule has 0 bridgehead atoms. The smallest absolute Gasteiger partial charge is 0.117 e. The van der Waals surface area contributed by atoms with Crippen molar-refractivity contribution in [1.29, 1.82) is 0 Å². The number of aromatic hydroxyl groups is 1. The summed E-state index contributed by atoms with van der Waals surface area (Å²) in [5, 5.41) is 9.97. The quantitative estimate of drug-likeness (QED) is 0.825. The standard InChI is InChI=1S/C14H23ClN2O/c1-4-17(9-5-8-16(2)3)11-12-6-7-13(18)10-14(12)15/h6-7,10,18H,4-5,8-9,11H2,1-3H3. The maximum Gasteiger partial charge on any atom is 0.117 e. The van der Waals surface area contributed by atoms with E-state index in [1.54, 1.807) is 12.1 Å². The van der Waals surface area contributed by atoms with Crippen molar-refractivity contribution in [3.8, 4) is 5.75 Å². The summed E-state index contributed by atoms with van der Waals surface area (Å²) in [4.78, 5) is 4.56. The summed E-state index contributed by atoms with van der Waals surface area (Å²) in [7, 11) is 4.18. The van der Waals surface area contributed by atoms with Gasteiger partial charge in [0.15, 0.2) is 0 Å². The second kappa shape index (κ2) is 7.62. The van der Waals surface area contributed by atoms with Crippen molar-refractivity contribution in [2.24, 2.45) is 0 Å². The fourth-order valence-electron chi connectivity index (χ4n) is 1.86. The van der Waals surface area contributed by atoms with Gasteiger partial charge in [-0.1, -0.05) is 24.6 Å². The Morgan fingerprint density at radius 3 is 2.50 bits per heavy atom. The van der Waals surface area contributed by atoms with E-state index >= 15 is 0 Å². The molecule has 1 N–H and O–H groups in total. The van der Waals surface area contributed by atoms with Gasteiger partial charge in [-0.3, -0.25) is 4.90 Å². The number of phenolic OH excluding ortho intramolecular Hbond substituents is 1. The van der Waals surface area contributed by atoms with Crippen LogP contribution in [0.25, 0.3) is 0 Å². The molecule has 0 fully saturated rings. The lowest BCUT2D eigenvalue weighted by Gasteiger charge is -2.22. The van der Waals surface area contributed by atoms with E-state index in [2.05, 4.69) is 30.8 Å². The molecular weight excluding hydrogens is 248 g/mol. The summed E-state index contributed by atoms with van der Waals surface area (Å²) in [5.74, 6) is 0.222. The fourth-order valence-corrected chi connectivity index (χ4v) is 2.10. The first-order valence-corrected chi connectivity index (χ1v) is 6.75. The monoisotopic (exact) mass is 270 g/mol. The second-order valence-corrected chi connectivity index (χ2v) is 5.21. The Morgan fingerprint density at radius 1 is 1.22 bits per heavy atom. The number of halogens is 1. The number of hydrogen-bond donors (Lipinski definition) is 1. The van der Waals surface area contributed by atoms with E-state index in [0.717, 1.165) is 38.2 Å². The Bertz CT molecular complexity index is 369. The van der Waals surface area contributed by atoms with Crippen LogP contribution in [-0.4, -0.2) is 48.6 Å². The minimum absolute atomic E-state index is 0.222. The minimum Gasteiger partial charge on any atom is -0.508 e. The molecule has 0 saturated carbocycles. The highest BCUT2D eigenvalue weighted by molar-refractivity contribution is 6.31. The summed E-state index contributed by atoms with van der Waals surface area (Å²) in [6, 6.07) is 5.19. The van der Waals surface area contributed by atoms with E-state index in [0.29, 0.717) is 5.02 Å². The van der Waals surface area contributed by atoms with Gasteiger partial charge < -0.3 is 10.0 Å². The van der Waals surface area contributed by atoms with Gasteiger partial charge in [-0.2, -0.15) is 0 Å². The number of rotatable bonds is 7. The van der Waals surface area contributed by atoms with Crippen LogP contribution in [0.15, 0.2) is 18.2 Å². The minimum atomic E-state index is 0.222. The van der Waals surface area contributed by atoms with Crippen molar-refractivity contribution >= 4 is 11.6 Å². The summed E-state index contributed by atoms with van der Waals surface area (Å²) >= 11 is 6.12. The Balaban J connectivity index is 2.51. The molecule has 1 rings (SSSR count). The lowest BCUT2D eigenvalue weighted by molar-refractivity contribution is 0.259. The summed E-state index contributed by atoms with van der Waals surface area (Å²) in [5.41, 5.74) is 1.07. The van der Waals surface area contributed by atoms with Crippen LogP contribution in [0, 0.1) is 0 Å². The second-order valence-electron chi connectivity index (χ2n) is 4.80. The highest BCUT2D eigenvalue weighted by atomic mass is 35.5. The van der Waals surface area contributed by atoms with E-state index in [1.807, 2.05) is 6.07 Å². The molecule has 18 heavy (non-hydrogen) atoms. The van der Waals surface area contributed by atoms with Crippen molar-refractivity contribution in [2.45, 2.75) is 19.9 Å². The fraction of sp³-hybridized carbons (Fsp3) is 0.571. The van der Waals surface area contributed by atoms with E-state index in [-0.39, 0.29) is 5.75 Å². The average molecular weight is 271 g/mol. The van der Waals surface area contributed by atoms with Crippen LogP contribution >= 0.6 is 11.6 Å². The van der Waals surface area contributed by atoms with Crippen LogP contribution in [0.5, 0.6) is 5.75 Å².